The molecule has 0 spiro atoms. The third kappa shape index (κ3) is 9.83. The summed E-state index contributed by atoms with van der Waals surface area (Å²) < 4.78 is 0. The second-order valence-corrected chi connectivity index (χ2v) is 5.27. The largest absolute Gasteiger partial charge is 0.396 e. The molecule has 0 aromatic carbocycles. The number of aliphatic hydroxyl groups is 1. The van der Waals surface area contributed by atoms with Crippen LogP contribution in [-0.2, 0) is 0 Å². The maximum absolute atomic E-state index is 9.13. The first kappa shape index (κ1) is 17.8. The number of nitrogens with zero attached hydrogens (tertiary/aromatic N) is 2. The summed E-state index contributed by atoms with van der Waals surface area (Å²) in [5, 5.41) is 12.7. The SMILES string of the molecule is CCCNC(CCO)CN(CCC)CCN(C)C. The molecule has 0 rings (SSSR count). The van der Waals surface area contributed by atoms with Crippen molar-refractivity contribution in [2.24, 2.45) is 0 Å². The van der Waals surface area contributed by atoms with E-state index in [1.165, 1.54) is 6.42 Å². The lowest BCUT2D eigenvalue weighted by Crippen LogP contribution is -2.44. The van der Waals surface area contributed by atoms with Gasteiger partial charge in [0.25, 0.3) is 0 Å². The fourth-order valence-corrected chi connectivity index (χ4v) is 2.03. The minimum atomic E-state index is 0.273. The van der Waals surface area contributed by atoms with Crippen LogP contribution in [0.25, 0.3) is 0 Å². The quantitative estimate of drug-likeness (QED) is 0.549. The number of likely N-dealkylation sites (N-methyl/N-ethyl adjacent to an activating group) is 1. The molecule has 4 nitrogen and oxygen atoms in total. The molecule has 1 atom stereocenters. The van der Waals surface area contributed by atoms with Gasteiger partial charge < -0.3 is 20.2 Å². The Morgan fingerprint density at radius 1 is 1.06 bits per heavy atom. The number of nitrogens with one attached hydrogen (secondary N) is 1. The summed E-state index contributed by atoms with van der Waals surface area (Å²) in [5.74, 6) is 0. The maximum Gasteiger partial charge on any atom is 0.0446 e. The van der Waals surface area contributed by atoms with E-state index in [2.05, 4.69) is 43.1 Å². The monoisotopic (exact) mass is 259 g/mol. The van der Waals surface area contributed by atoms with Gasteiger partial charge in [0.15, 0.2) is 0 Å². The molecule has 2 N–H and O–H groups in total. The molecule has 1 unspecified atom stereocenters. The first-order valence-electron chi connectivity index (χ1n) is 7.35. The molecule has 0 aromatic heterocycles. The van der Waals surface area contributed by atoms with Crippen LogP contribution >= 0.6 is 0 Å². The van der Waals surface area contributed by atoms with Gasteiger partial charge in [-0.3, -0.25) is 0 Å². The lowest BCUT2D eigenvalue weighted by atomic mass is 10.2. The summed E-state index contributed by atoms with van der Waals surface area (Å²) in [6, 6.07) is 0.420. The Hall–Kier alpha value is -0.160. The molecule has 0 saturated heterocycles. The van der Waals surface area contributed by atoms with Gasteiger partial charge in [-0.05, 0) is 46.4 Å². The zero-order valence-corrected chi connectivity index (χ0v) is 12.8. The van der Waals surface area contributed by atoms with E-state index in [1.54, 1.807) is 0 Å². The van der Waals surface area contributed by atoms with E-state index in [-0.39, 0.29) is 6.61 Å². The van der Waals surface area contributed by atoms with Gasteiger partial charge in [0.1, 0.15) is 0 Å². The molecule has 0 amide bonds. The van der Waals surface area contributed by atoms with E-state index in [0.717, 1.165) is 45.6 Å². The molecule has 4 heteroatoms. The number of rotatable bonds is 12. The van der Waals surface area contributed by atoms with Gasteiger partial charge in [-0.15, -0.1) is 0 Å². The zero-order valence-electron chi connectivity index (χ0n) is 12.8. The third-order valence-electron chi connectivity index (χ3n) is 3.04. The van der Waals surface area contributed by atoms with Gasteiger partial charge in [0.2, 0.25) is 0 Å². The van der Waals surface area contributed by atoms with Crippen LogP contribution in [0.15, 0.2) is 0 Å². The number of hydrogen-bond donors (Lipinski definition) is 2. The Morgan fingerprint density at radius 2 is 1.78 bits per heavy atom. The van der Waals surface area contributed by atoms with Crippen LogP contribution in [0.3, 0.4) is 0 Å². The van der Waals surface area contributed by atoms with E-state index in [1.807, 2.05) is 0 Å². The van der Waals surface area contributed by atoms with E-state index in [0.29, 0.717) is 6.04 Å². The van der Waals surface area contributed by atoms with Gasteiger partial charge >= 0.3 is 0 Å². The van der Waals surface area contributed by atoms with Crippen molar-refractivity contribution in [1.29, 1.82) is 0 Å². The van der Waals surface area contributed by atoms with Crippen LogP contribution in [0.2, 0.25) is 0 Å². The molecule has 18 heavy (non-hydrogen) atoms. The zero-order chi connectivity index (χ0) is 13.8. The van der Waals surface area contributed by atoms with Crippen molar-refractivity contribution >= 4 is 0 Å². The second-order valence-electron chi connectivity index (χ2n) is 5.27. The highest BCUT2D eigenvalue weighted by Gasteiger charge is 2.12. The van der Waals surface area contributed by atoms with Crippen molar-refractivity contribution in [3.05, 3.63) is 0 Å². The minimum absolute atomic E-state index is 0.273. The lowest BCUT2D eigenvalue weighted by molar-refractivity contribution is 0.194. The standard InChI is InChI=1S/C14H33N3O/c1-5-8-15-14(7-12-18)13-17(9-6-2)11-10-16(3)4/h14-15,18H,5-13H2,1-4H3. The van der Waals surface area contributed by atoms with Crippen molar-refractivity contribution in [2.45, 2.75) is 39.2 Å². The van der Waals surface area contributed by atoms with Crippen molar-refractivity contribution < 1.29 is 5.11 Å². The molecule has 0 radical (unpaired) electrons. The molecule has 0 aromatic rings. The second kappa shape index (κ2) is 11.9. The fourth-order valence-electron chi connectivity index (χ4n) is 2.03. The highest BCUT2D eigenvalue weighted by molar-refractivity contribution is 4.72. The summed E-state index contributed by atoms with van der Waals surface area (Å²) in [5.41, 5.74) is 0. The number of aliphatic hydroxyl groups excluding tert-OH is 1. The first-order chi connectivity index (χ1) is 8.63. The highest BCUT2D eigenvalue weighted by Crippen LogP contribution is 1.99. The van der Waals surface area contributed by atoms with Crippen LogP contribution < -0.4 is 5.32 Å². The summed E-state index contributed by atoms with van der Waals surface area (Å²) in [7, 11) is 4.23. The smallest absolute Gasteiger partial charge is 0.0446 e. The van der Waals surface area contributed by atoms with E-state index in [4.69, 9.17) is 5.11 Å². The first-order valence-corrected chi connectivity index (χ1v) is 7.35. The van der Waals surface area contributed by atoms with Crippen LogP contribution in [0.1, 0.15) is 33.1 Å². The summed E-state index contributed by atoms with van der Waals surface area (Å²) in [6.07, 6.45) is 3.18. The third-order valence-corrected chi connectivity index (χ3v) is 3.04. The predicted molar refractivity (Wildman–Crippen MR) is 79.1 cm³/mol. The van der Waals surface area contributed by atoms with Gasteiger partial charge in [-0.1, -0.05) is 13.8 Å². The van der Waals surface area contributed by atoms with Crippen LogP contribution in [0.5, 0.6) is 0 Å². The molecular weight excluding hydrogens is 226 g/mol. The summed E-state index contributed by atoms with van der Waals surface area (Å²) in [6.45, 7) is 10.1. The van der Waals surface area contributed by atoms with Gasteiger partial charge in [-0.25, -0.2) is 0 Å². The Bertz CT molecular complexity index is 176. The average molecular weight is 259 g/mol. The minimum Gasteiger partial charge on any atom is -0.396 e. The predicted octanol–water partition coefficient (Wildman–Crippen LogP) is 1.01. The Morgan fingerprint density at radius 3 is 2.28 bits per heavy atom. The summed E-state index contributed by atoms with van der Waals surface area (Å²) in [4.78, 5) is 4.73. The van der Waals surface area contributed by atoms with Gasteiger partial charge in [-0.2, -0.15) is 0 Å². The van der Waals surface area contributed by atoms with Gasteiger partial charge in [0, 0.05) is 32.3 Å². The van der Waals surface area contributed by atoms with Crippen molar-refractivity contribution in [3.8, 4) is 0 Å². The van der Waals surface area contributed by atoms with Crippen molar-refractivity contribution in [2.75, 3.05) is 53.4 Å². The molecule has 0 aliphatic heterocycles. The lowest BCUT2D eigenvalue weighted by Gasteiger charge is -2.28. The molecule has 0 aliphatic rings. The molecule has 0 saturated carbocycles. The van der Waals surface area contributed by atoms with Crippen LogP contribution in [0, 0.1) is 0 Å². The van der Waals surface area contributed by atoms with E-state index < -0.39 is 0 Å². The topological polar surface area (TPSA) is 38.7 Å². The fraction of sp³-hybridized carbons (Fsp3) is 1.00. The Kier molecular flexibility index (Phi) is 11.8. The average Bonchev–Trinajstić information content (AvgIpc) is 2.33. The van der Waals surface area contributed by atoms with Crippen molar-refractivity contribution in [3.63, 3.8) is 0 Å². The molecule has 0 bridgehead atoms. The maximum atomic E-state index is 9.13. The van der Waals surface area contributed by atoms with E-state index in [9.17, 15) is 0 Å². The van der Waals surface area contributed by atoms with Crippen LogP contribution in [0.4, 0.5) is 0 Å². The Balaban J connectivity index is 4.12. The Labute approximate surface area is 113 Å². The summed E-state index contributed by atoms with van der Waals surface area (Å²) >= 11 is 0. The molecule has 0 fully saturated rings. The normalized spacial score (nSPS) is 13.5. The van der Waals surface area contributed by atoms with Crippen molar-refractivity contribution in [1.82, 2.24) is 15.1 Å². The van der Waals surface area contributed by atoms with Crippen LogP contribution in [-0.4, -0.2) is 74.4 Å². The molecule has 0 heterocycles. The molecular formula is C14H33N3O. The van der Waals surface area contributed by atoms with Gasteiger partial charge in [0.05, 0.1) is 0 Å². The molecule has 0 aliphatic carbocycles. The molecule has 110 valence electrons. The highest BCUT2D eigenvalue weighted by atomic mass is 16.3. The van der Waals surface area contributed by atoms with E-state index >= 15 is 0 Å². The number of hydrogen-bond acceptors (Lipinski definition) is 4.